The molecule has 3 rings (SSSR count). The van der Waals surface area contributed by atoms with Crippen LogP contribution in [0, 0.1) is 0 Å². The fraction of sp³-hybridized carbons (Fsp3) is 0.111. The number of imidazole rings is 1. The second kappa shape index (κ2) is 3.41. The number of nitrogens with two attached hydrogens (primary N) is 1. The highest BCUT2D eigenvalue weighted by molar-refractivity contribution is 7.15. The van der Waals surface area contributed by atoms with Gasteiger partial charge in [0.15, 0.2) is 4.96 Å². The molecule has 0 bridgehead atoms. The Morgan fingerprint density at radius 1 is 1.40 bits per heavy atom. The Morgan fingerprint density at radius 3 is 3.13 bits per heavy atom. The van der Waals surface area contributed by atoms with E-state index in [1.807, 2.05) is 27.6 Å². The average molecular weight is 236 g/mol. The Balaban J connectivity index is 2.17. The number of hydrogen-bond donors (Lipinski definition) is 1. The highest BCUT2D eigenvalue weighted by Gasteiger charge is 2.09. The molecule has 0 aliphatic carbocycles. The fourth-order valence-corrected chi connectivity index (χ4v) is 2.93. The zero-order chi connectivity index (χ0) is 10.3. The molecule has 0 atom stereocenters. The average Bonchev–Trinajstić information content (AvgIpc) is 2.92. The zero-order valence-corrected chi connectivity index (χ0v) is 9.38. The first-order valence-corrected chi connectivity index (χ1v) is 6.20. The predicted octanol–water partition coefficient (Wildman–Crippen LogP) is 1.98. The highest BCUT2D eigenvalue weighted by atomic mass is 32.1. The Labute approximate surface area is 94.0 Å². The lowest BCUT2D eigenvalue weighted by Gasteiger charge is -1.91. The lowest BCUT2D eigenvalue weighted by molar-refractivity contribution is 1.01. The molecule has 0 saturated heterocycles. The third kappa shape index (κ3) is 1.38. The monoisotopic (exact) mass is 236 g/mol. The van der Waals surface area contributed by atoms with Crippen LogP contribution in [0.5, 0.6) is 0 Å². The van der Waals surface area contributed by atoms with Crippen molar-refractivity contribution in [2.75, 3.05) is 0 Å². The number of rotatable bonds is 2. The van der Waals surface area contributed by atoms with E-state index in [-0.39, 0.29) is 0 Å². The molecule has 3 heterocycles. The summed E-state index contributed by atoms with van der Waals surface area (Å²) in [5.74, 6) is 0. The van der Waals surface area contributed by atoms with Crippen molar-refractivity contribution in [3.63, 3.8) is 0 Å². The van der Waals surface area contributed by atoms with Gasteiger partial charge < -0.3 is 5.73 Å². The fourth-order valence-electron chi connectivity index (χ4n) is 1.40. The molecule has 0 unspecified atom stereocenters. The van der Waals surface area contributed by atoms with Crippen LogP contribution in [0.2, 0.25) is 0 Å². The van der Waals surface area contributed by atoms with E-state index in [9.17, 15) is 0 Å². The summed E-state index contributed by atoms with van der Waals surface area (Å²) in [4.78, 5) is 9.74. The maximum absolute atomic E-state index is 5.53. The van der Waals surface area contributed by atoms with Crippen LogP contribution in [0.15, 0.2) is 23.2 Å². The van der Waals surface area contributed by atoms with Gasteiger partial charge in [-0.1, -0.05) is 0 Å². The van der Waals surface area contributed by atoms with Crippen molar-refractivity contribution in [2.24, 2.45) is 5.73 Å². The van der Waals surface area contributed by atoms with Gasteiger partial charge in [-0.05, 0) is 0 Å². The summed E-state index contributed by atoms with van der Waals surface area (Å²) in [6.07, 6.45) is 3.86. The molecule has 0 aliphatic rings. The molecule has 0 aliphatic heterocycles. The first-order chi connectivity index (χ1) is 7.38. The predicted molar refractivity (Wildman–Crippen MR) is 62.1 cm³/mol. The lowest BCUT2D eigenvalue weighted by Crippen LogP contribution is -1.95. The van der Waals surface area contributed by atoms with Gasteiger partial charge in [-0.3, -0.25) is 4.40 Å². The first-order valence-electron chi connectivity index (χ1n) is 4.44. The third-order valence-electron chi connectivity index (χ3n) is 2.13. The van der Waals surface area contributed by atoms with Crippen molar-refractivity contribution < 1.29 is 0 Å². The molecule has 2 N–H and O–H groups in total. The van der Waals surface area contributed by atoms with Crippen LogP contribution in [0.25, 0.3) is 15.7 Å². The number of aromatic nitrogens is 3. The van der Waals surface area contributed by atoms with Crippen molar-refractivity contribution in [3.05, 3.63) is 28.8 Å². The summed E-state index contributed by atoms with van der Waals surface area (Å²) < 4.78 is 2.05. The van der Waals surface area contributed by atoms with Gasteiger partial charge in [0.05, 0.1) is 11.9 Å². The Hall–Kier alpha value is -1.24. The normalized spacial score (nSPS) is 11.3. The van der Waals surface area contributed by atoms with Crippen molar-refractivity contribution in [2.45, 2.75) is 6.54 Å². The van der Waals surface area contributed by atoms with Gasteiger partial charge in [-0.2, -0.15) is 0 Å². The lowest BCUT2D eigenvalue weighted by atomic mass is 10.4. The summed E-state index contributed by atoms with van der Waals surface area (Å²) in [6.45, 7) is 0.488. The minimum absolute atomic E-state index is 0.488. The van der Waals surface area contributed by atoms with Crippen LogP contribution >= 0.6 is 22.7 Å². The molecule has 0 spiro atoms. The van der Waals surface area contributed by atoms with Gasteiger partial charge in [0, 0.05) is 23.5 Å². The van der Waals surface area contributed by atoms with Gasteiger partial charge in [0.25, 0.3) is 0 Å². The summed E-state index contributed by atoms with van der Waals surface area (Å²) in [6, 6.07) is 0. The minimum Gasteiger partial charge on any atom is -0.325 e. The minimum atomic E-state index is 0.488. The van der Waals surface area contributed by atoms with Crippen LogP contribution in [-0.4, -0.2) is 14.4 Å². The van der Waals surface area contributed by atoms with Crippen molar-refractivity contribution in [1.82, 2.24) is 14.4 Å². The van der Waals surface area contributed by atoms with Crippen molar-refractivity contribution in [3.8, 4) is 10.7 Å². The number of hydrogen-bond acceptors (Lipinski definition) is 5. The summed E-state index contributed by atoms with van der Waals surface area (Å²) >= 11 is 3.22. The van der Waals surface area contributed by atoms with Crippen LogP contribution < -0.4 is 5.73 Å². The summed E-state index contributed by atoms with van der Waals surface area (Å²) in [7, 11) is 0. The second-order valence-corrected chi connectivity index (χ2v) is 4.78. The molecule has 0 saturated carbocycles. The van der Waals surface area contributed by atoms with Crippen molar-refractivity contribution >= 4 is 27.6 Å². The Kier molecular flexibility index (Phi) is 2.05. The Morgan fingerprint density at radius 2 is 2.33 bits per heavy atom. The molecule has 0 radical (unpaired) electrons. The van der Waals surface area contributed by atoms with E-state index in [0.29, 0.717) is 6.54 Å². The largest absolute Gasteiger partial charge is 0.325 e. The first kappa shape index (κ1) is 9.02. The highest BCUT2D eigenvalue weighted by Crippen LogP contribution is 2.26. The van der Waals surface area contributed by atoms with Gasteiger partial charge in [0.2, 0.25) is 0 Å². The zero-order valence-electron chi connectivity index (χ0n) is 7.75. The molecule has 6 heteroatoms. The molecule has 3 aromatic heterocycles. The number of fused-ring (bicyclic) bond motifs is 1. The second-order valence-electron chi connectivity index (χ2n) is 3.05. The molecule has 76 valence electrons. The van der Waals surface area contributed by atoms with E-state index in [2.05, 4.69) is 9.97 Å². The third-order valence-corrected chi connectivity index (χ3v) is 3.81. The van der Waals surface area contributed by atoms with Gasteiger partial charge in [0.1, 0.15) is 10.7 Å². The molecular formula is C9H8N4S2. The maximum atomic E-state index is 5.53. The van der Waals surface area contributed by atoms with E-state index >= 15 is 0 Å². The Bertz CT molecular complexity index is 592. The maximum Gasteiger partial charge on any atom is 0.194 e. The van der Waals surface area contributed by atoms with E-state index < -0.39 is 0 Å². The van der Waals surface area contributed by atoms with E-state index in [1.54, 1.807) is 22.7 Å². The molecule has 0 aromatic carbocycles. The van der Waals surface area contributed by atoms with Crippen LogP contribution in [0.1, 0.15) is 5.69 Å². The topological polar surface area (TPSA) is 56.2 Å². The van der Waals surface area contributed by atoms with Crippen LogP contribution in [0.3, 0.4) is 0 Å². The van der Waals surface area contributed by atoms with Gasteiger partial charge >= 0.3 is 0 Å². The number of nitrogens with zero attached hydrogens (tertiary/aromatic N) is 3. The smallest absolute Gasteiger partial charge is 0.194 e. The van der Waals surface area contributed by atoms with Crippen LogP contribution in [-0.2, 0) is 6.54 Å². The number of thiazole rings is 2. The molecule has 0 fully saturated rings. The molecule has 15 heavy (non-hydrogen) atoms. The molecule has 4 nitrogen and oxygen atoms in total. The van der Waals surface area contributed by atoms with Gasteiger partial charge in [-0.25, -0.2) is 9.97 Å². The van der Waals surface area contributed by atoms with Crippen LogP contribution in [0.4, 0.5) is 0 Å². The molecular weight excluding hydrogens is 228 g/mol. The summed E-state index contributed by atoms with van der Waals surface area (Å²) in [5, 5.41) is 4.98. The summed E-state index contributed by atoms with van der Waals surface area (Å²) in [5.41, 5.74) is 7.50. The molecule has 3 aromatic rings. The SMILES string of the molecule is NCc1csc(-c2cnc3sccn23)n1. The van der Waals surface area contributed by atoms with Crippen molar-refractivity contribution in [1.29, 1.82) is 0 Å². The van der Waals surface area contributed by atoms with E-state index in [4.69, 9.17) is 5.73 Å². The van der Waals surface area contributed by atoms with E-state index in [1.165, 1.54) is 0 Å². The standard InChI is InChI=1S/C9H8N4S2/c10-3-6-5-15-8(12-6)7-4-11-9-13(7)1-2-14-9/h1-2,4-5H,3,10H2. The molecule has 0 amide bonds. The quantitative estimate of drug-likeness (QED) is 0.740. The van der Waals surface area contributed by atoms with E-state index in [0.717, 1.165) is 21.4 Å². The van der Waals surface area contributed by atoms with Gasteiger partial charge in [-0.15, -0.1) is 22.7 Å².